The largest absolute Gasteiger partial charge is 0.465 e. The van der Waals surface area contributed by atoms with Crippen molar-refractivity contribution in [1.82, 2.24) is 0 Å². The number of methoxy groups -OCH3 is 1. The number of hydrogen-bond acceptors (Lipinski definition) is 4. The molecule has 0 saturated heterocycles. The van der Waals surface area contributed by atoms with Crippen molar-refractivity contribution in [3.05, 3.63) is 52.5 Å². The van der Waals surface area contributed by atoms with E-state index in [2.05, 4.69) is 5.32 Å². The van der Waals surface area contributed by atoms with Gasteiger partial charge in [-0.2, -0.15) is 0 Å². The van der Waals surface area contributed by atoms with E-state index in [9.17, 15) is 9.59 Å². The van der Waals surface area contributed by atoms with Gasteiger partial charge in [-0.1, -0.05) is 29.8 Å². The van der Waals surface area contributed by atoms with Gasteiger partial charge in [0.25, 0.3) is 0 Å². The minimum atomic E-state index is -0.856. The summed E-state index contributed by atoms with van der Waals surface area (Å²) in [7, 11) is 1.34. The van der Waals surface area contributed by atoms with Crippen LogP contribution in [0.4, 0.5) is 10.5 Å². The Labute approximate surface area is 144 Å². The van der Waals surface area contributed by atoms with Crippen LogP contribution in [0.2, 0.25) is 5.02 Å². The van der Waals surface area contributed by atoms with Crippen LogP contribution in [-0.2, 0) is 15.1 Å². The first kappa shape index (κ1) is 16.3. The standard InChI is InChI=1S/C18H16ClNO4/c1-18(2)14-13(20-17(22)24-18)8-7-12(15(14)19)10-5-4-6-11(9-10)16(21)23-3/h4-9H,1-3H3,(H,20,22). The van der Waals surface area contributed by atoms with E-state index in [-0.39, 0.29) is 0 Å². The van der Waals surface area contributed by atoms with Gasteiger partial charge in [-0.05, 0) is 37.6 Å². The third-order valence-electron chi connectivity index (χ3n) is 3.92. The van der Waals surface area contributed by atoms with E-state index in [1.807, 2.05) is 6.07 Å². The molecule has 5 nitrogen and oxygen atoms in total. The molecule has 0 spiro atoms. The first-order chi connectivity index (χ1) is 11.3. The second-order valence-electron chi connectivity index (χ2n) is 5.95. The molecule has 24 heavy (non-hydrogen) atoms. The maximum Gasteiger partial charge on any atom is 0.412 e. The molecule has 2 aromatic carbocycles. The summed E-state index contributed by atoms with van der Waals surface area (Å²) >= 11 is 6.61. The van der Waals surface area contributed by atoms with Crippen LogP contribution in [-0.4, -0.2) is 19.2 Å². The molecule has 1 N–H and O–H groups in total. The molecule has 0 saturated carbocycles. The molecule has 0 aliphatic carbocycles. The van der Waals surface area contributed by atoms with Crippen LogP contribution < -0.4 is 5.32 Å². The first-order valence-electron chi connectivity index (χ1n) is 7.35. The molecule has 0 atom stereocenters. The number of amides is 1. The number of esters is 1. The minimum Gasteiger partial charge on any atom is -0.465 e. The second-order valence-corrected chi connectivity index (χ2v) is 6.32. The zero-order valence-corrected chi connectivity index (χ0v) is 14.2. The Balaban J connectivity index is 2.15. The van der Waals surface area contributed by atoms with Gasteiger partial charge in [0.15, 0.2) is 0 Å². The number of fused-ring (bicyclic) bond motifs is 1. The molecule has 3 rings (SSSR count). The quantitative estimate of drug-likeness (QED) is 0.808. The lowest BCUT2D eigenvalue weighted by molar-refractivity contribution is 0.0421. The number of carbonyl (C=O) groups is 2. The Hall–Kier alpha value is -2.53. The highest BCUT2D eigenvalue weighted by atomic mass is 35.5. The highest BCUT2D eigenvalue weighted by Crippen LogP contribution is 2.44. The van der Waals surface area contributed by atoms with Crippen molar-refractivity contribution < 1.29 is 19.1 Å². The molecule has 0 unspecified atom stereocenters. The summed E-state index contributed by atoms with van der Waals surface area (Å²) in [5, 5.41) is 3.13. The van der Waals surface area contributed by atoms with Crippen LogP contribution in [0.3, 0.4) is 0 Å². The van der Waals surface area contributed by atoms with Crippen molar-refractivity contribution >= 4 is 29.4 Å². The summed E-state index contributed by atoms with van der Waals surface area (Å²) < 4.78 is 10.1. The molecule has 0 bridgehead atoms. The maximum absolute atomic E-state index is 11.7. The smallest absolute Gasteiger partial charge is 0.412 e. The summed E-state index contributed by atoms with van der Waals surface area (Å²) in [5.41, 5.74) is 2.42. The number of hydrogen-bond donors (Lipinski definition) is 1. The monoisotopic (exact) mass is 345 g/mol. The summed E-state index contributed by atoms with van der Waals surface area (Å²) in [4.78, 5) is 23.4. The zero-order chi connectivity index (χ0) is 17.5. The maximum atomic E-state index is 11.7. The van der Waals surface area contributed by atoms with Gasteiger partial charge in [-0.15, -0.1) is 0 Å². The topological polar surface area (TPSA) is 64.6 Å². The molecule has 1 aliphatic heterocycles. The third-order valence-corrected chi connectivity index (χ3v) is 4.32. The Morgan fingerprint density at radius 1 is 1.25 bits per heavy atom. The molecule has 1 heterocycles. The van der Waals surface area contributed by atoms with E-state index in [1.54, 1.807) is 44.2 Å². The van der Waals surface area contributed by atoms with E-state index < -0.39 is 17.7 Å². The van der Waals surface area contributed by atoms with E-state index in [0.717, 1.165) is 11.1 Å². The van der Waals surface area contributed by atoms with Crippen molar-refractivity contribution in [2.24, 2.45) is 0 Å². The number of rotatable bonds is 2. The number of carbonyl (C=O) groups excluding carboxylic acids is 2. The highest BCUT2D eigenvalue weighted by molar-refractivity contribution is 6.35. The van der Waals surface area contributed by atoms with Gasteiger partial charge in [0.05, 0.1) is 23.4 Å². The van der Waals surface area contributed by atoms with Gasteiger partial charge in [-0.3, -0.25) is 5.32 Å². The van der Waals surface area contributed by atoms with Crippen molar-refractivity contribution in [2.75, 3.05) is 12.4 Å². The number of nitrogens with one attached hydrogen (secondary N) is 1. The average molecular weight is 346 g/mol. The summed E-state index contributed by atoms with van der Waals surface area (Å²) in [6, 6.07) is 10.6. The highest BCUT2D eigenvalue weighted by Gasteiger charge is 2.36. The summed E-state index contributed by atoms with van der Waals surface area (Å²) in [5.74, 6) is -0.415. The zero-order valence-electron chi connectivity index (χ0n) is 13.5. The van der Waals surface area contributed by atoms with E-state index in [1.165, 1.54) is 7.11 Å². The van der Waals surface area contributed by atoms with Crippen molar-refractivity contribution in [2.45, 2.75) is 19.4 Å². The van der Waals surface area contributed by atoms with Gasteiger partial charge >= 0.3 is 12.1 Å². The van der Waals surface area contributed by atoms with E-state index in [0.29, 0.717) is 21.8 Å². The molecule has 1 aliphatic rings. The molecule has 0 fully saturated rings. The fourth-order valence-corrected chi connectivity index (χ4v) is 3.34. The number of cyclic esters (lactones) is 1. The van der Waals surface area contributed by atoms with Gasteiger partial charge in [0.2, 0.25) is 0 Å². The average Bonchev–Trinajstić information content (AvgIpc) is 2.52. The van der Waals surface area contributed by atoms with Gasteiger partial charge < -0.3 is 9.47 Å². The predicted molar refractivity (Wildman–Crippen MR) is 91.4 cm³/mol. The van der Waals surface area contributed by atoms with E-state index in [4.69, 9.17) is 21.1 Å². The first-order valence-corrected chi connectivity index (χ1v) is 7.73. The third kappa shape index (κ3) is 2.71. The summed E-state index contributed by atoms with van der Waals surface area (Å²) in [6.45, 7) is 3.57. The molecule has 1 amide bonds. The normalized spacial score (nSPS) is 15.1. The lowest BCUT2D eigenvalue weighted by atomic mass is 9.90. The fourth-order valence-electron chi connectivity index (χ4n) is 2.84. The number of anilines is 1. The van der Waals surface area contributed by atoms with Gasteiger partial charge in [-0.25, -0.2) is 9.59 Å². The SMILES string of the molecule is COC(=O)c1cccc(-c2ccc3c(c2Cl)C(C)(C)OC(=O)N3)c1. The fraction of sp³-hybridized carbons (Fsp3) is 0.222. The summed E-state index contributed by atoms with van der Waals surface area (Å²) in [6.07, 6.45) is -0.510. The lowest BCUT2D eigenvalue weighted by Gasteiger charge is -2.33. The van der Waals surface area contributed by atoms with E-state index >= 15 is 0 Å². The van der Waals surface area contributed by atoms with Crippen molar-refractivity contribution in [3.8, 4) is 11.1 Å². The van der Waals surface area contributed by atoms with Crippen LogP contribution in [0.15, 0.2) is 36.4 Å². The second kappa shape index (κ2) is 5.83. The Morgan fingerprint density at radius 3 is 2.71 bits per heavy atom. The van der Waals surface area contributed by atoms with Crippen molar-refractivity contribution in [3.63, 3.8) is 0 Å². The van der Waals surface area contributed by atoms with Crippen LogP contribution >= 0.6 is 11.6 Å². The van der Waals surface area contributed by atoms with Crippen LogP contribution in [0.25, 0.3) is 11.1 Å². The number of halogens is 1. The molecule has 0 aromatic heterocycles. The molecule has 0 radical (unpaired) electrons. The van der Waals surface area contributed by atoms with Gasteiger partial charge in [0, 0.05) is 11.1 Å². The molecule has 6 heteroatoms. The lowest BCUT2D eigenvalue weighted by Crippen LogP contribution is -2.35. The Kier molecular flexibility index (Phi) is 3.97. The Bertz CT molecular complexity index is 845. The predicted octanol–water partition coefficient (Wildman–Crippen LogP) is 4.59. The van der Waals surface area contributed by atoms with Crippen LogP contribution in [0, 0.1) is 0 Å². The molecular weight excluding hydrogens is 330 g/mol. The Morgan fingerprint density at radius 2 is 2.00 bits per heavy atom. The number of ether oxygens (including phenoxy) is 2. The van der Waals surface area contributed by atoms with Crippen LogP contribution in [0.5, 0.6) is 0 Å². The van der Waals surface area contributed by atoms with Gasteiger partial charge in [0.1, 0.15) is 5.60 Å². The van der Waals surface area contributed by atoms with Crippen LogP contribution in [0.1, 0.15) is 29.8 Å². The number of benzene rings is 2. The molecule has 124 valence electrons. The van der Waals surface area contributed by atoms with Crippen molar-refractivity contribution in [1.29, 1.82) is 0 Å². The molecule has 2 aromatic rings. The minimum absolute atomic E-state index is 0.415. The molecular formula is C18H16ClNO4.